The van der Waals surface area contributed by atoms with Crippen LogP contribution in [0.4, 0.5) is 11.5 Å². The number of fused-ring (bicyclic) bond motifs is 1. The number of nitrogens with zero attached hydrogens (tertiary/aromatic N) is 5. The Hall–Kier alpha value is -3.98. The first-order chi connectivity index (χ1) is 19.7. The molecule has 0 spiro atoms. The Morgan fingerprint density at radius 2 is 1.80 bits per heavy atom. The maximum absolute atomic E-state index is 13.6. The summed E-state index contributed by atoms with van der Waals surface area (Å²) in [6.45, 7) is 9.24. The summed E-state index contributed by atoms with van der Waals surface area (Å²) >= 11 is 1.45. The molecular weight excluding hydrogens is 532 g/mol. The maximum Gasteiger partial charge on any atom is 0.268 e. The Bertz CT molecular complexity index is 1480. The number of imidazole rings is 1. The van der Waals surface area contributed by atoms with Gasteiger partial charge in [-0.1, -0.05) is 39.0 Å². The lowest BCUT2D eigenvalue weighted by Gasteiger charge is -2.26. The van der Waals surface area contributed by atoms with Gasteiger partial charge in [0, 0.05) is 44.6 Å². The molecule has 6 rings (SSSR count). The van der Waals surface area contributed by atoms with Crippen LogP contribution in [-0.2, 0) is 12.0 Å². The van der Waals surface area contributed by atoms with E-state index in [1.807, 2.05) is 63.5 Å². The van der Waals surface area contributed by atoms with Crippen LogP contribution in [0.3, 0.4) is 0 Å². The zero-order valence-corrected chi connectivity index (χ0v) is 24.8. The normalized spacial score (nSPS) is 19.6. The summed E-state index contributed by atoms with van der Waals surface area (Å²) < 4.78 is 0. The van der Waals surface area contributed by atoms with Gasteiger partial charge in [-0.2, -0.15) is 0 Å². The van der Waals surface area contributed by atoms with Gasteiger partial charge in [0.2, 0.25) is 0 Å². The fourth-order valence-corrected chi connectivity index (χ4v) is 6.56. The first-order valence-corrected chi connectivity index (χ1v) is 15.0. The van der Waals surface area contributed by atoms with E-state index in [9.17, 15) is 9.59 Å². The molecule has 1 saturated heterocycles. The highest BCUT2D eigenvalue weighted by Crippen LogP contribution is 2.52. The molecule has 1 aliphatic heterocycles. The van der Waals surface area contributed by atoms with Crippen molar-refractivity contribution in [3.05, 3.63) is 94.3 Å². The van der Waals surface area contributed by atoms with Gasteiger partial charge in [-0.25, -0.2) is 9.97 Å². The number of amides is 2. The van der Waals surface area contributed by atoms with E-state index >= 15 is 0 Å². The van der Waals surface area contributed by atoms with Crippen molar-refractivity contribution in [2.75, 3.05) is 36.5 Å². The molecular formula is C32H36N6O2S. The van der Waals surface area contributed by atoms with Gasteiger partial charge in [-0.15, -0.1) is 11.3 Å². The van der Waals surface area contributed by atoms with Gasteiger partial charge in [0.15, 0.2) is 0 Å². The molecule has 2 atom stereocenters. The van der Waals surface area contributed by atoms with Crippen LogP contribution in [0.25, 0.3) is 0 Å². The SMILES string of the molecule is CN(Cc1ncc[nH]1)c1ccc(N(CC2C3CN(C(=O)c4ccc(C(C)(C)C)cc4)CC32)C(=O)c2cccs2)cn1. The number of pyridine rings is 1. The van der Waals surface area contributed by atoms with Crippen molar-refractivity contribution in [3.63, 3.8) is 0 Å². The standard InChI is InChI=1S/C32H36N6O2S/c1-32(2,3)22-9-7-21(8-10-22)30(39)37-17-24-25(18-37)26(24)19-38(31(40)27-6-5-15-41-27)23-11-12-29(35-16-23)36(4)20-28-33-13-14-34-28/h5-16,24-26H,17-20H2,1-4H3,(H,33,34). The number of hydrogen-bond donors (Lipinski definition) is 1. The molecule has 1 aliphatic carbocycles. The van der Waals surface area contributed by atoms with Crippen LogP contribution in [0, 0.1) is 17.8 Å². The minimum atomic E-state index is -0.00432. The lowest BCUT2D eigenvalue weighted by molar-refractivity contribution is 0.0766. The fourth-order valence-electron chi connectivity index (χ4n) is 5.88. The third-order valence-corrected chi connectivity index (χ3v) is 9.26. The van der Waals surface area contributed by atoms with E-state index in [4.69, 9.17) is 0 Å². The molecule has 3 aromatic heterocycles. The largest absolute Gasteiger partial charge is 0.352 e. The number of aromatic nitrogens is 3. The summed E-state index contributed by atoms with van der Waals surface area (Å²) in [7, 11) is 1.97. The second kappa shape index (κ2) is 10.8. The Kier molecular flexibility index (Phi) is 7.15. The number of benzene rings is 1. The molecule has 1 N–H and O–H groups in total. The third-order valence-electron chi connectivity index (χ3n) is 8.40. The topological polar surface area (TPSA) is 85.4 Å². The number of rotatable bonds is 8. The van der Waals surface area contributed by atoms with Gasteiger partial charge in [0.1, 0.15) is 11.6 Å². The van der Waals surface area contributed by atoms with E-state index in [0.29, 0.717) is 35.7 Å². The smallest absolute Gasteiger partial charge is 0.268 e. The Morgan fingerprint density at radius 3 is 2.39 bits per heavy atom. The number of carbonyl (C=O) groups excluding carboxylic acids is 2. The number of H-pyrrole nitrogens is 1. The second-order valence-electron chi connectivity index (χ2n) is 12.2. The maximum atomic E-state index is 13.6. The molecule has 2 aliphatic rings. The highest BCUT2D eigenvalue weighted by atomic mass is 32.1. The van der Waals surface area contributed by atoms with Gasteiger partial charge >= 0.3 is 0 Å². The van der Waals surface area contributed by atoms with E-state index in [1.165, 1.54) is 16.9 Å². The van der Waals surface area contributed by atoms with Crippen molar-refractivity contribution in [3.8, 4) is 0 Å². The quantitative estimate of drug-likeness (QED) is 0.305. The Labute approximate surface area is 245 Å². The van der Waals surface area contributed by atoms with Gasteiger partial charge in [0.05, 0.1) is 23.3 Å². The van der Waals surface area contributed by atoms with Crippen molar-refractivity contribution in [1.29, 1.82) is 0 Å². The molecule has 2 amide bonds. The minimum absolute atomic E-state index is 0.00432. The van der Waals surface area contributed by atoms with Crippen LogP contribution in [0.1, 0.15) is 52.2 Å². The summed E-state index contributed by atoms with van der Waals surface area (Å²) in [6.07, 6.45) is 5.33. The van der Waals surface area contributed by atoms with Crippen molar-refractivity contribution >= 4 is 34.7 Å². The first kappa shape index (κ1) is 27.2. The predicted molar refractivity (Wildman–Crippen MR) is 162 cm³/mol. The lowest BCUT2D eigenvalue weighted by atomic mass is 9.86. The van der Waals surface area contributed by atoms with Gasteiger partial charge in [-0.3, -0.25) is 9.59 Å². The predicted octanol–water partition coefficient (Wildman–Crippen LogP) is 5.47. The average molecular weight is 569 g/mol. The Morgan fingerprint density at radius 1 is 1.05 bits per heavy atom. The number of likely N-dealkylation sites (tertiary alicyclic amines) is 1. The third kappa shape index (κ3) is 5.63. The van der Waals surface area contributed by atoms with Gasteiger partial charge < -0.3 is 19.7 Å². The minimum Gasteiger partial charge on any atom is -0.352 e. The number of piperidine rings is 1. The number of carbonyl (C=O) groups is 2. The van der Waals surface area contributed by atoms with Crippen LogP contribution in [-0.4, -0.2) is 58.3 Å². The Balaban J connectivity index is 1.12. The molecule has 41 heavy (non-hydrogen) atoms. The van der Waals surface area contributed by atoms with Crippen LogP contribution in [0.5, 0.6) is 0 Å². The van der Waals surface area contributed by atoms with Crippen LogP contribution >= 0.6 is 11.3 Å². The number of thiophene rings is 1. The van der Waals surface area contributed by atoms with Crippen molar-refractivity contribution in [2.24, 2.45) is 17.8 Å². The van der Waals surface area contributed by atoms with E-state index in [0.717, 1.165) is 36.0 Å². The summed E-state index contributed by atoms with van der Waals surface area (Å²) in [5.74, 6) is 2.96. The van der Waals surface area contributed by atoms with E-state index < -0.39 is 0 Å². The fraction of sp³-hybridized carbons (Fsp3) is 0.375. The van der Waals surface area contributed by atoms with Gasteiger partial charge in [-0.05, 0) is 64.4 Å². The zero-order chi connectivity index (χ0) is 28.7. The molecule has 4 aromatic rings. The van der Waals surface area contributed by atoms with Crippen LogP contribution in [0.2, 0.25) is 0 Å². The molecule has 2 unspecified atom stereocenters. The van der Waals surface area contributed by atoms with E-state index in [2.05, 4.69) is 47.9 Å². The molecule has 0 bridgehead atoms. The van der Waals surface area contributed by atoms with Crippen LogP contribution < -0.4 is 9.80 Å². The summed E-state index contributed by atoms with van der Waals surface area (Å²) in [6, 6.07) is 15.7. The molecule has 1 saturated carbocycles. The lowest BCUT2D eigenvalue weighted by Crippen LogP contribution is -2.36. The summed E-state index contributed by atoms with van der Waals surface area (Å²) in [4.78, 5) is 45.5. The zero-order valence-electron chi connectivity index (χ0n) is 23.9. The second-order valence-corrected chi connectivity index (χ2v) is 13.1. The summed E-state index contributed by atoms with van der Waals surface area (Å²) in [5, 5.41) is 1.93. The monoisotopic (exact) mass is 568 g/mol. The van der Waals surface area contributed by atoms with E-state index in [-0.39, 0.29) is 17.2 Å². The molecule has 8 nitrogen and oxygen atoms in total. The molecule has 0 radical (unpaired) electrons. The average Bonchev–Trinajstić information content (AvgIpc) is 3.54. The highest BCUT2D eigenvalue weighted by molar-refractivity contribution is 7.12. The van der Waals surface area contributed by atoms with E-state index in [1.54, 1.807) is 18.6 Å². The molecule has 4 heterocycles. The van der Waals surface area contributed by atoms with Crippen molar-refractivity contribution < 1.29 is 9.59 Å². The molecule has 212 valence electrons. The first-order valence-electron chi connectivity index (χ1n) is 14.1. The molecule has 2 fully saturated rings. The van der Waals surface area contributed by atoms with Crippen molar-refractivity contribution in [1.82, 2.24) is 19.9 Å². The number of nitrogens with one attached hydrogen (secondary N) is 1. The van der Waals surface area contributed by atoms with Crippen LogP contribution in [0.15, 0.2) is 72.5 Å². The molecule has 9 heteroatoms. The number of anilines is 2. The van der Waals surface area contributed by atoms with Gasteiger partial charge in [0.25, 0.3) is 11.8 Å². The molecule has 1 aromatic carbocycles. The number of hydrogen-bond acceptors (Lipinski definition) is 6. The number of aromatic amines is 1. The van der Waals surface area contributed by atoms with Crippen molar-refractivity contribution in [2.45, 2.75) is 32.7 Å². The summed E-state index contributed by atoms with van der Waals surface area (Å²) in [5.41, 5.74) is 2.81. The highest BCUT2D eigenvalue weighted by Gasteiger charge is 2.57.